The Morgan fingerprint density at radius 2 is 1.71 bits per heavy atom. The van der Waals surface area contributed by atoms with Gasteiger partial charge in [-0.3, -0.25) is 0 Å². The van der Waals surface area contributed by atoms with Gasteiger partial charge in [-0.2, -0.15) is 9.61 Å². The van der Waals surface area contributed by atoms with Crippen LogP contribution < -0.4 is 5.32 Å². The lowest BCUT2D eigenvalue weighted by Crippen LogP contribution is -2.22. The Balaban J connectivity index is 1.59. The Kier molecular flexibility index (Phi) is 7.21. The fourth-order valence-corrected chi connectivity index (χ4v) is 4.35. The second-order valence-electron chi connectivity index (χ2n) is 6.74. The van der Waals surface area contributed by atoms with E-state index in [-0.39, 0.29) is 13.2 Å². The Bertz CT molecular complexity index is 1130. The predicted octanol–water partition coefficient (Wildman–Crippen LogP) is 4.20. The molecule has 2 heterocycles. The standard InChI is InChI=1S/C22H22BrN5O2S/c23-19-15-24-28-21(14-20(26-22(19)28)16-4-2-1-3-5-16)25-17-6-8-18(9-7-17)31-27(10-12-29)11-13-30/h1-9,14-15,25,29-30H,10-13H2. The molecule has 31 heavy (non-hydrogen) atoms. The van der Waals surface area contributed by atoms with Crippen molar-refractivity contribution < 1.29 is 10.2 Å². The van der Waals surface area contributed by atoms with E-state index in [4.69, 9.17) is 4.98 Å². The highest BCUT2D eigenvalue weighted by atomic mass is 79.9. The van der Waals surface area contributed by atoms with E-state index in [1.807, 2.05) is 65.0 Å². The number of aliphatic hydroxyl groups is 2. The number of anilines is 2. The first-order valence-electron chi connectivity index (χ1n) is 9.79. The molecule has 160 valence electrons. The van der Waals surface area contributed by atoms with Crippen LogP contribution in [0.2, 0.25) is 0 Å². The van der Waals surface area contributed by atoms with Crippen LogP contribution in [-0.2, 0) is 0 Å². The van der Waals surface area contributed by atoms with E-state index in [2.05, 4.69) is 26.3 Å². The van der Waals surface area contributed by atoms with E-state index in [0.29, 0.717) is 13.1 Å². The number of fused-ring (bicyclic) bond motifs is 1. The fourth-order valence-electron chi connectivity index (χ4n) is 3.10. The summed E-state index contributed by atoms with van der Waals surface area (Å²) in [6.45, 7) is 1.09. The molecule has 3 N–H and O–H groups in total. The maximum atomic E-state index is 9.18. The molecule has 9 heteroatoms. The highest BCUT2D eigenvalue weighted by Crippen LogP contribution is 2.29. The number of benzene rings is 2. The van der Waals surface area contributed by atoms with E-state index in [0.717, 1.165) is 37.8 Å². The number of aliphatic hydroxyl groups excluding tert-OH is 2. The lowest BCUT2D eigenvalue weighted by atomic mass is 10.1. The molecule has 0 aliphatic carbocycles. The van der Waals surface area contributed by atoms with Gasteiger partial charge in [-0.15, -0.1) is 0 Å². The molecule has 7 nitrogen and oxygen atoms in total. The second kappa shape index (κ2) is 10.3. The lowest BCUT2D eigenvalue weighted by molar-refractivity contribution is 0.226. The smallest absolute Gasteiger partial charge is 0.172 e. The van der Waals surface area contributed by atoms with Gasteiger partial charge in [0, 0.05) is 35.3 Å². The van der Waals surface area contributed by atoms with Gasteiger partial charge in [-0.05, 0) is 52.1 Å². The van der Waals surface area contributed by atoms with Crippen LogP contribution in [0.4, 0.5) is 11.5 Å². The lowest BCUT2D eigenvalue weighted by Gasteiger charge is -2.19. The molecule has 0 aliphatic heterocycles. The van der Waals surface area contributed by atoms with Crippen LogP contribution in [0.5, 0.6) is 0 Å². The van der Waals surface area contributed by atoms with Crippen molar-refractivity contribution in [2.45, 2.75) is 4.90 Å². The normalized spacial score (nSPS) is 11.4. The first-order chi connectivity index (χ1) is 15.2. The molecule has 0 radical (unpaired) electrons. The Morgan fingerprint density at radius 3 is 2.39 bits per heavy atom. The first kappa shape index (κ1) is 21.8. The quantitative estimate of drug-likeness (QED) is 0.297. The molecular formula is C22H22BrN5O2S. The van der Waals surface area contributed by atoms with Gasteiger partial charge in [0.15, 0.2) is 5.65 Å². The maximum absolute atomic E-state index is 9.18. The summed E-state index contributed by atoms with van der Waals surface area (Å²) >= 11 is 5.04. The average molecular weight is 500 g/mol. The van der Waals surface area contributed by atoms with Gasteiger partial charge in [0.05, 0.1) is 29.6 Å². The average Bonchev–Trinajstić information content (AvgIpc) is 3.17. The van der Waals surface area contributed by atoms with E-state index in [9.17, 15) is 10.2 Å². The summed E-state index contributed by atoms with van der Waals surface area (Å²) in [7, 11) is 0. The zero-order chi connectivity index (χ0) is 21.6. The number of halogens is 1. The molecule has 4 aromatic rings. The van der Waals surface area contributed by atoms with Crippen molar-refractivity contribution >= 4 is 45.0 Å². The van der Waals surface area contributed by atoms with Crippen molar-refractivity contribution in [2.75, 3.05) is 31.6 Å². The van der Waals surface area contributed by atoms with Gasteiger partial charge in [0.1, 0.15) is 5.82 Å². The Hall–Kier alpha value is -2.43. The summed E-state index contributed by atoms with van der Waals surface area (Å²) in [6, 6.07) is 20.0. The summed E-state index contributed by atoms with van der Waals surface area (Å²) in [6.07, 6.45) is 1.74. The largest absolute Gasteiger partial charge is 0.395 e. The van der Waals surface area contributed by atoms with Crippen LogP contribution in [0, 0.1) is 0 Å². The van der Waals surface area contributed by atoms with Gasteiger partial charge in [0.25, 0.3) is 0 Å². The third-order valence-electron chi connectivity index (χ3n) is 4.56. The molecule has 0 bridgehead atoms. The highest BCUT2D eigenvalue weighted by Gasteiger charge is 2.12. The van der Waals surface area contributed by atoms with Gasteiger partial charge in [0.2, 0.25) is 0 Å². The van der Waals surface area contributed by atoms with Crippen molar-refractivity contribution in [1.29, 1.82) is 0 Å². The number of nitrogens with one attached hydrogen (secondary N) is 1. The van der Waals surface area contributed by atoms with Crippen LogP contribution in [-0.4, -0.2) is 55.4 Å². The summed E-state index contributed by atoms with van der Waals surface area (Å²) in [4.78, 5) is 5.78. The summed E-state index contributed by atoms with van der Waals surface area (Å²) in [5, 5.41) is 26.2. The molecule has 0 saturated carbocycles. The Labute approximate surface area is 193 Å². The number of nitrogens with zero attached hydrogens (tertiary/aromatic N) is 4. The molecule has 0 aliphatic rings. The SMILES string of the molecule is OCCN(CCO)Sc1ccc(Nc2cc(-c3ccccc3)nc3c(Br)cnn23)cc1. The van der Waals surface area contributed by atoms with Crippen molar-refractivity contribution in [3.63, 3.8) is 0 Å². The first-order valence-corrected chi connectivity index (χ1v) is 11.4. The zero-order valence-electron chi connectivity index (χ0n) is 16.6. The third-order valence-corrected chi connectivity index (χ3v) is 6.22. The maximum Gasteiger partial charge on any atom is 0.172 e. The molecule has 4 rings (SSSR count). The van der Waals surface area contributed by atoms with Crippen molar-refractivity contribution in [1.82, 2.24) is 18.9 Å². The van der Waals surface area contributed by atoms with Crippen LogP contribution in [0.1, 0.15) is 0 Å². The molecule has 0 fully saturated rings. The van der Waals surface area contributed by atoms with Crippen LogP contribution >= 0.6 is 27.9 Å². The molecular weight excluding hydrogens is 478 g/mol. The Morgan fingerprint density at radius 1 is 1.00 bits per heavy atom. The van der Waals surface area contributed by atoms with Gasteiger partial charge >= 0.3 is 0 Å². The minimum absolute atomic E-state index is 0.0495. The summed E-state index contributed by atoms with van der Waals surface area (Å²) in [5.41, 5.74) is 3.53. The van der Waals surface area contributed by atoms with E-state index >= 15 is 0 Å². The monoisotopic (exact) mass is 499 g/mol. The number of hydrogen-bond acceptors (Lipinski definition) is 7. The van der Waals surface area contributed by atoms with Crippen molar-refractivity contribution in [3.05, 3.63) is 71.3 Å². The number of aromatic nitrogens is 3. The van der Waals surface area contributed by atoms with Crippen LogP contribution in [0.15, 0.2) is 76.2 Å². The summed E-state index contributed by atoms with van der Waals surface area (Å²) in [5.74, 6) is 0.803. The molecule has 0 atom stereocenters. The molecule has 0 amide bonds. The molecule has 0 saturated heterocycles. The topological polar surface area (TPSA) is 85.9 Å². The molecule has 0 spiro atoms. The third kappa shape index (κ3) is 5.25. The van der Waals surface area contributed by atoms with Crippen molar-refractivity contribution in [3.8, 4) is 11.3 Å². The van der Waals surface area contributed by atoms with Crippen molar-refractivity contribution in [2.24, 2.45) is 0 Å². The van der Waals surface area contributed by atoms with Gasteiger partial charge < -0.3 is 15.5 Å². The van der Waals surface area contributed by atoms with Gasteiger partial charge in [-0.25, -0.2) is 9.29 Å². The van der Waals surface area contributed by atoms with E-state index < -0.39 is 0 Å². The zero-order valence-corrected chi connectivity index (χ0v) is 19.1. The molecule has 0 unspecified atom stereocenters. The van der Waals surface area contributed by atoms with E-state index in [1.165, 1.54) is 11.9 Å². The second-order valence-corrected chi connectivity index (χ2v) is 8.76. The fraction of sp³-hybridized carbons (Fsp3) is 0.182. The van der Waals surface area contributed by atoms with E-state index in [1.54, 1.807) is 10.7 Å². The number of rotatable bonds is 9. The van der Waals surface area contributed by atoms with Gasteiger partial charge in [-0.1, -0.05) is 30.3 Å². The van der Waals surface area contributed by atoms with Crippen LogP contribution in [0.25, 0.3) is 16.9 Å². The number of hydrogen-bond donors (Lipinski definition) is 3. The minimum atomic E-state index is 0.0495. The predicted molar refractivity (Wildman–Crippen MR) is 127 cm³/mol. The highest BCUT2D eigenvalue weighted by molar-refractivity contribution is 9.10. The molecule has 2 aromatic heterocycles. The minimum Gasteiger partial charge on any atom is -0.395 e. The summed E-state index contributed by atoms with van der Waals surface area (Å²) < 4.78 is 4.53. The van der Waals surface area contributed by atoms with Crippen LogP contribution in [0.3, 0.4) is 0 Å². The molecule has 2 aromatic carbocycles.